The fourth-order valence-corrected chi connectivity index (χ4v) is 5.04. The highest BCUT2D eigenvalue weighted by atomic mass is 35.5. The zero-order chi connectivity index (χ0) is 22.4. The summed E-state index contributed by atoms with van der Waals surface area (Å²) in [7, 11) is 3.13. The van der Waals surface area contributed by atoms with Crippen LogP contribution in [0, 0.1) is 0 Å². The zero-order valence-electron chi connectivity index (χ0n) is 17.0. The molecule has 0 bridgehead atoms. The largest absolute Gasteiger partial charge is 0.497 e. The molecule has 9 heteroatoms. The van der Waals surface area contributed by atoms with Crippen molar-refractivity contribution in [3.05, 3.63) is 80.7 Å². The quantitative estimate of drug-likeness (QED) is 0.418. The molecule has 0 amide bonds. The Hall–Kier alpha value is -3.62. The number of H-pyrrole nitrogens is 1. The molecule has 0 fully saturated rings. The second-order valence-electron chi connectivity index (χ2n) is 6.98. The Bertz CT molecular complexity index is 1620. The maximum absolute atomic E-state index is 13.4. The number of nitrogens with zero attached hydrogens (tertiary/aromatic N) is 2. The average molecular weight is 466 g/mol. The van der Waals surface area contributed by atoms with E-state index in [9.17, 15) is 9.59 Å². The summed E-state index contributed by atoms with van der Waals surface area (Å²) < 4.78 is 12.2. The van der Waals surface area contributed by atoms with E-state index in [-0.39, 0.29) is 0 Å². The minimum atomic E-state index is -0.555. The Morgan fingerprint density at radius 1 is 1.03 bits per heavy atom. The van der Waals surface area contributed by atoms with Crippen LogP contribution in [-0.2, 0) is 0 Å². The van der Waals surface area contributed by atoms with E-state index in [1.165, 1.54) is 17.5 Å². The van der Waals surface area contributed by atoms with Gasteiger partial charge in [0.05, 0.1) is 31.6 Å². The van der Waals surface area contributed by atoms with Crippen LogP contribution in [0.25, 0.3) is 37.1 Å². The van der Waals surface area contributed by atoms with E-state index in [1.54, 1.807) is 56.8 Å². The molecule has 3 aromatic heterocycles. The Morgan fingerprint density at radius 2 is 1.88 bits per heavy atom. The number of fused-ring (bicyclic) bond motifs is 2. The lowest BCUT2D eigenvalue weighted by Crippen LogP contribution is -2.33. The molecule has 5 aromatic rings. The molecule has 0 radical (unpaired) electrons. The molecule has 1 N–H and O–H groups in total. The van der Waals surface area contributed by atoms with Crippen LogP contribution in [-0.4, -0.2) is 28.8 Å². The van der Waals surface area contributed by atoms with Crippen molar-refractivity contribution in [1.82, 2.24) is 14.5 Å². The van der Waals surface area contributed by atoms with Crippen molar-refractivity contribution in [2.45, 2.75) is 0 Å². The number of aromatic amines is 1. The number of halogens is 1. The minimum absolute atomic E-state index is 0.379. The maximum Gasteiger partial charge on any atom is 0.333 e. The predicted molar refractivity (Wildman–Crippen MR) is 127 cm³/mol. The summed E-state index contributed by atoms with van der Waals surface area (Å²) in [6.45, 7) is 0. The van der Waals surface area contributed by atoms with Crippen molar-refractivity contribution in [2.24, 2.45) is 0 Å². The first-order valence-corrected chi connectivity index (χ1v) is 10.7. The summed E-state index contributed by atoms with van der Waals surface area (Å²) >= 11 is 7.64. The van der Waals surface area contributed by atoms with Gasteiger partial charge in [0.2, 0.25) is 0 Å². The molecule has 5 rings (SSSR count). The highest BCUT2D eigenvalue weighted by Gasteiger charge is 2.17. The van der Waals surface area contributed by atoms with Crippen LogP contribution < -0.4 is 20.7 Å². The maximum atomic E-state index is 13.4. The molecule has 32 heavy (non-hydrogen) atoms. The molecule has 3 heterocycles. The third kappa shape index (κ3) is 3.16. The van der Waals surface area contributed by atoms with E-state index in [4.69, 9.17) is 21.1 Å². The number of aromatic nitrogens is 3. The monoisotopic (exact) mass is 465 g/mol. The van der Waals surface area contributed by atoms with E-state index in [0.29, 0.717) is 43.2 Å². The van der Waals surface area contributed by atoms with Crippen molar-refractivity contribution in [1.29, 1.82) is 0 Å². The van der Waals surface area contributed by atoms with Gasteiger partial charge in [-0.25, -0.2) is 9.36 Å². The fraction of sp³-hybridized carbons (Fsp3) is 0.0870. The van der Waals surface area contributed by atoms with E-state index in [1.807, 2.05) is 6.07 Å². The third-order valence-corrected chi connectivity index (χ3v) is 6.70. The Kier molecular flexibility index (Phi) is 4.96. The number of rotatable bonds is 4. The Morgan fingerprint density at radius 3 is 2.66 bits per heavy atom. The topological polar surface area (TPSA) is 86.2 Å². The molecule has 0 saturated heterocycles. The summed E-state index contributed by atoms with van der Waals surface area (Å²) in [4.78, 5) is 34.2. The molecule has 0 aliphatic heterocycles. The lowest BCUT2D eigenvalue weighted by atomic mass is 10.1. The second-order valence-corrected chi connectivity index (χ2v) is 8.44. The number of methoxy groups -OCH3 is 2. The Balaban J connectivity index is 1.77. The molecule has 0 aliphatic carbocycles. The minimum Gasteiger partial charge on any atom is -0.497 e. The lowest BCUT2D eigenvalue weighted by Gasteiger charge is -2.10. The number of nitrogens with one attached hydrogen (secondary N) is 1. The molecule has 0 unspecified atom stereocenters. The molecule has 2 aromatic carbocycles. The number of hydrogen-bond acceptors (Lipinski definition) is 6. The van der Waals surface area contributed by atoms with Crippen LogP contribution in [0.5, 0.6) is 11.5 Å². The molecular weight excluding hydrogens is 450 g/mol. The SMILES string of the molecule is COc1ccc(Cl)c(-c2cc3[nH]c(=O)n(-c4cncc5c(OC)cccc45)c(=O)c3s2)c1. The summed E-state index contributed by atoms with van der Waals surface area (Å²) in [5.41, 5.74) is 0.553. The van der Waals surface area contributed by atoms with Gasteiger partial charge in [-0.1, -0.05) is 23.7 Å². The van der Waals surface area contributed by atoms with Gasteiger partial charge in [0.25, 0.3) is 5.56 Å². The van der Waals surface area contributed by atoms with Gasteiger partial charge in [0, 0.05) is 32.4 Å². The average Bonchev–Trinajstić information content (AvgIpc) is 3.23. The van der Waals surface area contributed by atoms with Crippen LogP contribution in [0.4, 0.5) is 0 Å². The number of pyridine rings is 1. The van der Waals surface area contributed by atoms with Crippen LogP contribution >= 0.6 is 22.9 Å². The molecule has 0 saturated carbocycles. The van der Waals surface area contributed by atoms with Gasteiger partial charge in [-0.15, -0.1) is 11.3 Å². The molecule has 7 nitrogen and oxygen atoms in total. The Labute approximate surface area is 190 Å². The van der Waals surface area contributed by atoms with Crippen molar-refractivity contribution in [2.75, 3.05) is 14.2 Å². The van der Waals surface area contributed by atoms with Gasteiger partial charge < -0.3 is 14.5 Å². The van der Waals surface area contributed by atoms with Gasteiger partial charge in [-0.3, -0.25) is 9.78 Å². The highest BCUT2D eigenvalue weighted by Crippen LogP contribution is 2.37. The first kappa shape index (κ1) is 20.3. The molecule has 0 spiro atoms. The number of hydrogen-bond donors (Lipinski definition) is 1. The fourth-order valence-electron chi connectivity index (χ4n) is 3.69. The van der Waals surface area contributed by atoms with Gasteiger partial charge in [0.1, 0.15) is 16.2 Å². The van der Waals surface area contributed by atoms with E-state index in [0.717, 1.165) is 15.0 Å². The van der Waals surface area contributed by atoms with E-state index >= 15 is 0 Å². The molecule has 160 valence electrons. The standard InChI is InChI=1S/C23H16ClN3O4S/c1-30-12-6-7-16(24)14(8-12)20-9-17-21(32-20)22(28)27(23(29)26-17)18-11-25-10-15-13(18)4-3-5-19(15)31-2/h3-11H,1-2H3,(H,26,29). The van der Waals surface area contributed by atoms with E-state index < -0.39 is 11.2 Å². The van der Waals surface area contributed by atoms with Crippen LogP contribution in [0.15, 0.2) is 64.4 Å². The van der Waals surface area contributed by atoms with Gasteiger partial charge in [-0.05, 0) is 30.3 Å². The smallest absolute Gasteiger partial charge is 0.333 e. The van der Waals surface area contributed by atoms with Crippen LogP contribution in [0.2, 0.25) is 5.02 Å². The number of ether oxygens (including phenoxy) is 2. The van der Waals surface area contributed by atoms with Gasteiger partial charge in [0.15, 0.2) is 0 Å². The van der Waals surface area contributed by atoms with Crippen LogP contribution in [0.3, 0.4) is 0 Å². The van der Waals surface area contributed by atoms with E-state index in [2.05, 4.69) is 9.97 Å². The third-order valence-electron chi connectivity index (χ3n) is 5.22. The summed E-state index contributed by atoms with van der Waals surface area (Å²) in [5.74, 6) is 1.25. The molecular formula is C23H16ClN3O4S. The second kappa shape index (κ2) is 7.81. The summed E-state index contributed by atoms with van der Waals surface area (Å²) in [6, 6.07) is 12.5. The van der Waals surface area contributed by atoms with Crippen molar-refractivity contribution < 1.29 is 9.47 Å². The molecule has 0 aliphatic rings. The zero-order valence-corrected chi connectivity index (χ0v) is 18.6. The number of thiophene rings is 1. The van der Waals surface area contributed by atoms with Gasteiger partial charge in [-0.2, -0.15) is 0 Å². The summed E-state index contributed by atoms with van der Waals surface area (Å²) in [6.07, 6.45) is 3.14. The molecule has 0 atom stereocenters. The lowest BCUT2D eigenvalue weighted by molar-refractivity contribution is 0.415. The first-order valence-electron chi connectivity index (χ1n) is 9.55. The normalized spacial score (nSPS) is 11.2. The number of benzene rings is 2. The van der Waals surface area contributed by atoms with Gasteiger partial charge >= 0.3 is 5.69 Å². The summed E-state index contributed by atoms with van der Waals surface area (Å²) in [5, 5.41) is 1.90. The van der Waals surface area contributed by atoms with Crippen molar-refractivity contribution in [3.8, 4) is 27.6 Å². The van der Waals surface area contributed by atoms with Crippen molar-refractivity contribution in [3.63, 3.8) is 0 Å². The van der Waals surface area contributed by atoms with Crippen LogP contribution in [0.1, 0.15) is 0 Å². The predicted octanol–water partition coefficient (Wildman–Crippen LogP) is 4.63. The first-order chi connectivity index (χ1) is 15.5. The highest BCUT2D eigenvalue weighted by molar-refractivity contribution is 7.22. The van der Waals surface area contributed by atoms with Crippen molar-refractivity contribution >= 4 is 43.9 Å².